The fourth-order valence-electron chi connectivity index (χ4n) is 3.85. The highest BCUT2D eigenvalue weighted by Crippen LogP contribution is 2.65. The highest BCUT2D eigenvalue weighted by molar-refractivity contribution is 6.53. The first-order chi connectivity index (χ1) is 16.4. The third-order valence-electron chi connectivity index (χ3n) is 5.62. The number of amides is 2. The molecule has 0 saturated heterocycles. The Kier molecular flexibility index (Phi) is 6.99. The van der Waals surface area contributed by atoms with Gasteiger partial charge in [-0.15, -0.1) is 23.2 Å². The molecule has 182 valence electrons. The van der Waals surface area contributed by atoms with E-state index in [1.165, 1.54) is 19.2 Å². The summed E-state index contributed by atoms with van der Waals surface area (Å²) in [5.74, 6) is -5.67. The third-order valence-corrected chi connectivity index (χ3v) is 7.00. The number of rotatable bonds is 5. The lowest BCUT2D eigenvalue weighted by Gasteiger charge is -2.19. The van der Waals surface area contributed by atoms with Crippen molar-refractivity contribution in [3.8, 4) is 0 Å². The Labute approximate surface area is 218 Å². The predicted molar refractivity (Wildman–Crippen MR) is 131 cm³/mol. The summed E-state index contributed by atoms with van der Waals surface area (Å²) in [6.07, 6.45) is 0. The zero-order valence-electron chi connectivity index (χ0n) is 17.8. The molecule has 1 fully saturated rings. The Morgan fingerprint density at radius 2 is 1.57 bits per heavy atom. The van der Waals surface area contributed by atoms with E-state index in [9.17, 15) is 22.8 Å². The van der Waals surface area contributed by atoms with Gasteiger partial charge < -0.3 is 10.2 Å². The van der Waals surface area contributed by atoms with Gasteiger partial charge in [0, 0.05) is 34.8 Å². The maximum atomic E-state index is 14.5. The van der Waals surface area contributed by atoms with E-state index in [0.717, 1.165) is 29.2 Å². The number of nitrogens with one attached hydrogen (secondary N) is 1. The van der Waals surface area contributed by atoms with E-state index in [-0.39, 0.29) is 11.4 Å². The number of carbonyl (C=O) groups excluding carboxylic acids is 2. The van der Waals surface area contributed by atoms with Gasteiger partial charge in [-0.3, -0.25) is 9.59 Å². The van der Waals surface area contributed by atoms with Crippen LogP contribution in [0.1, 0.15) is 21.8 Å². The van der Waals surface area contributed by atoms with E-state index >= 15 is 0 Å². The monoisotopic (exact) mass is 560 g/mol. The Morgan fingerprint density at radius 3 is 2.20 bits per heavy atom. The molecule has 3 aromatic rings. The van der Waals surface area contributed by atoms with Crippen LogP contribution in [0.5, 0.6) is 0 Å². The molecule has 0 aliphatic heterocycles. The maximum absolute atomic E-state index is 14.5. The van der Waals surface area contributed by atoms with Crippen molar-refractivity contribution < 1.29 is 22.8 Å². The van der Waals surface area contributed by atoms with Gasteiger partial charge in [0.25, 0.3) is 5.91 Å². The lowest BCUT2D eigenvalue weighted by molar-refractivity contribution is -0.117. The summed E-state index contributed by atoms with van der Waals surface area (Å²) in [7, 11) is 1.21. The van der Waals surface area contributed by atoms with Crippen LogP contribution in [0.25, 0.3) is 0 Å². The Hall–Kier alpha value is -2.45. The van der Waals surface area contributed by atoms with E-state index in [4.69, 9.17) is 46.4 Å². The van der Waals surface area contributed by atoms with E-state index in [0.29, 0.717) is 21.7 Å². The van der Waals surface area contributed by atoms with Gasteiger partial charge in [0.05, 0.1) is 17.2 Å². The van der Waals surface area contributed by atoms with Crippen molar-refractivity contribution >= 4 is 69.6 Å². The molecular weight excluding hydrogens is 547 g/mol. The summed E-state index contributed by atoms with van der Waals surface area (Å²) in [5.41, 5.74) is -0.0245. The zero-order chi connectivity index (χ0) is 25.7. The second kappa shape index (κ2) is 9.54. The topological polar surface area (TPSA) is 49.4 Å². The van der Waals surface area contributed by atoms with Gasteiger partial charge in [0.15, 0.2) is 0 Å². The molecule has 1 saturated carbocycles. The fraction of sp³-hybridized carbons (Fsp3) is 0.167. The van der Waals surface area contributed by atoms with E-state index < -0.39 is 51.0 Å². The average molecular weight is 562 g/mol. The van der Waals surface area contributed by atoms with Crippen LogP contribution in [0.3, 0.4) is 0 Å². The van der Waals surface area contributed by atoms with Crippen molar-refractivity contribution in [2.24, 2.45) is 5.92 Å². The number of benzene rings is 3. The van der Waals surface area contributed by atoms with Gasteiger partial charge in [-0.2, -0.15) is 0 Å². The minimum absolute atomic E-state index is 0.0895. The van der Waals surface area contributed by atoms with Gasteiger partial charge in [-0.25, -0.2) is 13.2 Å². The molecule has 0 spiro atoms. The van der Waals surface area contributed by atoms with Crippen molar-refractivity contribution in [1.82, 2.24) is 0 Å². The number of hydrogen-bond acceptors (Lipinski definition) is 2. The number of hydrogen-bond donors (Lipinski definition) is 1. The Morgan fingerprint density at radius 1 is 0.914 bits per heavy atom. The summed E-state index contributed by atoms with van der Waals surface area (Å²) < 4.78 is 40.3. The molecule has 35 heavy (non-hydrogen) atoms. The van der Waals surface area contributed by atoms with Crippen molar-refractivity contribution in [2.45, 2.75) is 10.3 Å². The molecule has 1 aliphatic rings. The minimum atomic E-state index is -1.43. The molecule has 0 aromatic heterocycles. The van der Waals surface area contributed by atoms with Gasteiger partial charge in [0.2, 0.25) is 5.91 Å². The second-order valence-corrected chi connectivity index (χ2v) is 10.3. The van der Waals surface area contributed by atoms with Gasteiger partial charge in [-0.1, -0.05) is 23.2 Å². The molecule has 3 aromatic carbocycles. The van der Waals surface area contributed by atoms with Crippen LogP contribution in [0, 0.1) is 23.4 Å². The van der Waals surface area contributed by atoms with Crippen molar-refractivity contribution in [1.29, 1.82) is 0 Å². The molecule has 2 unspecified atom stereocenters. The smallest absolute Gasteiger partial charge is 0.261 e. The van der Waals surface area contributed by atoms with E-state index in [1.807, 2.05) is 0 Å². The molecule has 11 heteroatoms. The molecule has 0 radical (unpaired) electrons. The summed E-state index contributed by atoms with van der Waals surface area (Å²) in [6.45, 7) is 0. The molecule has 4 rings (SSSR count). The standard InChI is InChI=1S/C24H15Cl4F3N2O2/c1-33(19-5-2-14(29)9-18(19)31)23(35)16-10-15(3-4-17(16)30)32-22(34)21-20(24(21,27)28)11-6-12(25)8-13(26)7-11/h2-10,20-21H,1H3,(H,32,34). The molecule has 4 nitrogen and oxygen atoms in total. The molecule has 0 bridgehead atoms. The zero-order valence-corrected chi connectivity index (χ0v) is 20.8. The predicted octanol–water partition coefficient (Wildman–Crippen LogP) is 7.21. The molecule has 1 aliphatic carbocycles. The van der Waals surface area contributed by atoms with Crippen LogP contribution in [-0.2, 0) is 4.79 Å². The first-order valence-corrected chi connectivity index (χ1v) is 11.6. The van der Waals surface area contributed by atoms with Crippen LogP contribution >= 0.6 is 46.4 Å². The lowest BCUT2D eigenvalue weighted by atomic mass is 10.1. The summed E-state index contributed by atoms with van der Waals surface area (Å²) in [6, 6.07) is 10.7. The second-order valence-electron chi connectivity index (χ2n) is 7.98. The summed E-state index contributed by atoms with van der Waals surface area (Å²) in [4.78, 5) is 26.6. The molecule has 1 N–H and O–H groups in total. The highest BCUT2D eigenvalue weighted by atomic mass is 35.5. The SMILES string of the molecule is CN(C(=O)c1cc(NC(=O)C2C(c3cc(Cl)cc(Cl)c3)C2(Cl)Cl)ccc1F)c1ccc(F)cc1F. The highest BCUT2D eigenvalue weighted by Gasteiger charge is 2.67. The number of halogens is 7. The van der Waals surface area contributed by atoms with Crippen LogP contribution in [-0.4, -0.2) is 23.2 Å². The average Bonchev–Trinajstić information content (AvgIpc) is 3.35. The van der Waals surface area contributed by atoms with Crippen LogP contribution in [0.2, 0.25) is 10.0 Å². The number of carbonyl (C=O) groups is 2. The normalized spacial score (nSPS) is 18.2. The van der Waals surface area contributed by atoms with Gasteiger partial charge in [-0.05, 0) is 54.1 Å². The fourth-order valence-corrected chi connectivity index (χ4v) is 5.22. The van der Waals surface area contributed by atoms with Crippen LogP contribution < -0.4 is 10.2 Å². The van der Waals surface area contributed by atoms with Gasteiger partial charge in [0.1, 0.15) is 21.8 Å². The largest absolute Gasteiger partial charge is 0.326 e. The first kappa shape index (κ1) is 25.6. The molecular formula is C24H15Cl4F3N2O2. The maximum Gasteiger partial charge on any atom is 0.261 e. The molecule has 2 amide bonds. The number of anilines is 2. The minimum Gasteiger partial charge on any atom is -0.326 e. The van der Waals surface area contributed by atoms with Crippen LogP contribution in [0.4, 0.5) is 24.5 Å². The molecule has 2 atom stereocenters. The number of alkyl halides is 2. The number of nitrogens with zero attached hydrogens (tertiary/aromatic N) is 1. The third kappa shape index (κ3) is 5.09. The molecule has 0 heterocycles. The summed E-state index contributed by atoms with van der Waals surface area (Å²) in [5, 5.41) is 3.28. The Bertz CT molecular complexity index is 1330. The summed E-state index contributed by atoms with van der Waals surface area (Å²) >= 11 is 24.8. The lowest BCUT2D eigenvalue weighted by Crippen LogP contribution is -2.28. The van der Waals surface area contributed by atoms with E-state index in [1.54, 1.807) is 12.1 Å². The Balaban J connectivity index is 1.55. The van der Waals surface area contributed by atoms with Crippen LogP contribution in [0.15, 0.2) is 54.6 Å². The van der Waals surface area contributed by atoms with Crippen molar-refractivity contribution in [3.05, 3.63) is 93.2 Å². The van der Waals surface area contributed by atoms with Gasteiger partial charge >= 0.3 is 0 Å². The van der Waals surface area contributed by atoms with Crippen molar-refractivity contribution in [3.63, 3.8) is 0 Å². The first-order valence-electron chi connectivity index (χ1n) is 10.1. The van der Waals surface area contributed by atoms with E-state index in [2.05, 4.69) is 5.32 Å². The van der Waals surface area contributed by atoms with Crippen molar-refractivity contribution in [2.75, 3.05) is 17.3 Å². The quantitative estimate of drug-likeness (QED) is 0.334.